The normalized spacial score (nSPS) is 21.1. The number of carbonyl (C=O) groups is 1. The van der Waals surface area contributed by atoms with Crippen LogP contribution in [0.25, 0.3) is 11.2 Å². The zero-order chi connectivity index (χ0) is 66.9. The second-order valence-electron chi connectivity index (χ2n) is 22.2. The number of nitrogen functional groups attached to an aromatic ring is 1. The van der Waals surface area contributed by atoms with Crippen molar-refractivity contribution in [2.24, 2.45) is 0 Å². The van der Waals surface area contributed by atoms with Crippen LogP contribution in [0.3, 0.4) is 0 Å². The summed E-state index contributed by atoms with van der Waals surface area (Å²) in [7, 11) is -24.7. The third-order valence-electron chi connectivity index (χ3n) is 14.9. The number of aryl methyl sites for hydroxylation is 1. The summed E-state index contributed by atoms with van der Waals surface area (Å²) in [6.07, 6.45) is 8.32. The number of fused-ring (bicyclic) bond motifs is 3. The van der Waals surface area contributed by atoms with Crippen LogP contribution in [0.5, 0.6) is 0 Å². The van der Waals surface area contributed by atoms with Crippen LogP contribution in [0, 0.1) is 0 Å². The van der Waals surface area contributed by atoms with E-state index in [9.17, 15) is 72.5 Å². The molecule has 3 aliphatic heterocycles. The van der Waals surface area contributed by atoms with Gasteiger partial charge in [-0.1, -0.05) is 43.7 Å². The standard InChI is InChI=1S/C50H66N11O23P3S4/c1-49(2)34-25-32(90(74,75)76)16-18-36(34)59(39(49)13-7-5-8-14-40-50(3,4)35-26-33(91(77,78)79)17-19-37(35)60(40)23-12-24-89(71,72)73)22-10-6-9-15-41(62)52-20-11-21-58-27-31(56-57-58)28-80-44-43(63)38(29-81-87(70,88)84-86(68,69)83-85(65,66)67)82-47(44)61-30-53-42-45(61)54-48(51)55-46(42)64/h5,7-8,13-14,16-19,25-27,30,38,43-44,47,63H,6,9-12,15,20-24,28-29H2,1-4H3,(H10-,51,52,54,55,62,64,65,66,67,68,69,70,71,72,73,74,75,76,77,78,79,88)/p+1. The third-order valence-corrected chi connectivity index (χ3v) is 22.1. The Morgan fingerprint density at radius 2 is 1.59 bits per heavy atom. The Kier molecular flexibility index (Phi) is 21.7. The quantitative estimate of drug-likeness (QED) is 0.0103. The number of benzene rings is 2. The first-order chi connectivity index (χ1) is 42.2. The first-order valence-corrected chi connectivity index (χ1v) is 37.6. The molecule has 2 aromatic carbocycles. The van der Waals surface area contributed by atoms with E-state index in [-0.39, 0.29) is 71.0 Å². The van der Waals surface area contributed by atoms with Gasteiger partial charge >= 0.3 is 22.4 Å². The summed E-state index contributed by atoms with van der Waals surface area (Å²) in [5.41, 5.74) is 7.51. The molecule has 0 radical (unpaired) electrons. The number of aromatic nitrogens is 7. The van der Waals surface area contributed by atoms with E-state index in [1.807, 2.05) is 38.3 Å². The number of imidazole rings is 1. The van der Waals surface area contributed by atoms with Crippen LogP contribution in [0.15, 0.2) is 99.6 Å². The van der Waals surface area contributed by atoms with E-state index in [1.54, 1.807) is 36.6 Å². The molecule has 498 valence electrons. The number of unbranched alkanes of at least 4 members (excludes halogenated alkanes) is 2. The molecule has 6 atom stereocenters. The van der Waals surface area contributed by atoms with E-state index < -0.39 is 106 Å². The number of ether oxygens (including phenoxy) is 2. The Balaban J connectivity index is 0.847. The lowest BCUT2D eigenvalue weighted by Gasteiger charge is -2.27. The topological polar surface area (TPSA) is 500 Å². The van der Waals surface area contributed by atoms with E-state index in [0.717, 1.165) is 17.7 Å². The molecule has 41 heteroatoms. The molecule has 3 aromatic heterocycles. The van der Waals surface area contributed by atoms with E-state index >= 15 is 0 Å². The predicted molar refractivity (Wildman–Crippen MR) is 327 cm³/mol. The molecule has 1 fully saturated rings. The molecular formula is C50H67N11O23P3S4+. The van der Waals surface area contributed by atoms with Gasteiger partial charge < -0.3 is 54.6 Å². The zero-order valence-corrected chi connectivity index (χ0v) is 54.8. The highest BCUT2D eigenvalue weighted by Gasteiger charge is 2.49. The maximum Gasteiger partial charge on any atom is 0.488 e. The number of aliphatic hydroxyl groups is 1. The Hall–Kier alpha value is -5.67. The summed E-state index contributed by atoms with van der Waals surface area (Å²) in [6.45, 7) is 2.76. The fraction of sp³-hybridized carbons (Fsp3) is 0.460. The molecule has 8 rings (SSSR count). The Bertz CT molecular complexity index is 4300. The van der Waals surface area contributed by atoms with Gasteiger partial charge in [0, 0.05) is 67.0 Å². The number of nitrogens with zero attached hydrogens (tertiary/aromatic N) is 8. The third kappa shape index (κ3) is 17.8. The van der Waals surface area contributed by atoms with Gasteiger partial charge in [-0.05, 0) is 86.9 Å². The highest BCUT2D eigenvalue weighted by molar-refractivity contribution is 8.08. The molecule has 91 heavy (non-hydrogen) atoms. The van der Waals surface area contributed by atoms with E-state index in [1.165, 1.54) is 39.6 Å². The van der Waals surface area contributed by atoms with Crippen molar-refractivity contribution in [3.63, 3.8) is 0 Å². The molecule has 5 aromatic rings. The average Bonchev–Trinajstić information content (AvgIpc) is 1.61. The number of allylic oxidation sites excluding steroid dienone is 6. The van der Waals surface area contributed by atoms with Crippen molar-refractivity contribution in [2.75, 3.05) is 42.6 Å². The van der Waals surface area contributed by atoms with Crippen LogP contribution in [0.1, 0.15) is 89.3 Å². The van der Waals surface area contributed by atoms with Crippen LogP contribution in [-0.2, 0) is 103 Å². The number of amides is 1. The lowest BCUT2D eigenvalue weighted by atomic mass is 9.81. The van der Waals surface area contributed by atoms with Gasteiger partial charge in [-0.25, -0.2) is 18.4 Å². The molecule has 0 spiro atoms. The summed E-state index contributed by atoms with van der Waals surface area (Å²) >= 11 is 4.70. The van der Waals surface area contributed by atoms with E-state index in [2.05, 4.69) is 44.1 Å². The first-order valence-electron chi connectivity index (χ1n) is 27.5. The number of H-pyrrole nitrogens is 1. The molecule has 34 nitrogen and oxygen atoms in total. The molecule has 3 aliphatic rings. The van der Waals surface area contributed by atoms with Crippen molar-refractivity contribution in [3.8, 4) is 0 Å². The Morgan fingerprint density at radius 1 is 0.901 bits per heavy atom. The highest BCUT2D eigenvalue weighted by Crippen LogP contribution is 2.66. The monoisotopic (exact) mass is 1410 g/mol. The lowest BCUT2D eigenvalue weighted by Crippen LogP contribution is -2.35. The van der Waals surface area contributed by atoms with Crippen molar-refractivity contribution in [3.05, 3.63) is 112 Å². The van der Waals surface area contributed by atoms with E-state index in [4.69, 9.17) is 41.3 Å². The summed E-state index contributed by atoms with van der Waals surface area (Å²) in [5, 5.41) is 22.5. The van der Waals surface area contributed by atoms with Crippen molar-refractivity contribution in [1.82, 2.24) is 39.8 Å². The lowest BCUT2D eigenvalue weighted by molar-refractivity contribution is -0.437. The van der Waals surface area contributed by atoms with Crippen LogP contribution < -0.4 is 21.5 Å². The summed E-state index contributed by atoms with van der Waals surface area (Å²) < 4.78 is 154. The van der Waals surface area contributed by atoms with Gasteiger partial charge in [-0.3, -0.25) is 37.5 Å². The number of aromatic amines is 1. The molecule has 0 saturated carbocycles. The molecule has 12 N–H and O–H groups in total. The second-order valence-corrected chi connectivity index (χ2v) is 32.4. The number of aliphatic hydroxyl groups excluding tert-OH is 1. The zero-order valence-electron chi connectivity index (χ0n) is 48.8. The van der Waals surface area contributed by atoms with Gasteiger partial charge in [-0.2, -0.15) is 39.1 Å². The van der Waals surface area contributed by atoms with Crippen LogP contribution in [0.4, 0.5) is 17.3 Å². The number of rotatable bonds is 30. The van der Waals surface area contributed by atoms with Gasteiger partial charge in [0.25, 0.3) is 35.9 Å². The maximum atomic E-state index is 13.0. The fourth-order valence-corrected chi connectivity index (χ4v) is 16.2. The predicted octanol–water partition coefficient (Wildman–Crippen LogP) is 3.31. The highest BCUT2D eigenvalue weighted by atomic mass is 32.5. The smallest absolute Gasteiger partial charge is 0.387 e. The molecular weight excluding hydrogens is 1340 g/mol. The van der Waals surface area contributed by atoms with Crippen LogP contribution >= 0.6 is 22.4 Å². The Morgan fingerprint density at radius 3 is 2.27 bits per heavy atom. The largest absolute Gasteiger partial charge is 0.488 e. The molecule has 6 heterocycles. The molecule has 6 unspecified atom stereocenters. The van der Waals surface area contributed by atoms with Gasteiger partial charge in [0.2, 0.25) is 17.5 Å². The summed E-state index contributed by atoms with van der Waals surface area (Å²) in [5.74, 6) is -0.994. The van der Waals surface area contributed by atoms with Gasteiger partial charge in [0.15, 0.2) is 23.1 Å². The summed E-state index contributed by atoms with van der Waals surface area (Å²) in [6, 6.07) is 8.56. The number of hydrogen-bond acceptors (Lipinski definition) is 23. The van der Waals surface area contributed by atoms with Crippen LogP contribution in [0.2, 0.25) is 0 Å². The minimum absolute atomic E-state index is 0.0435. The Labute approximate surface area is 525 Å². The number of hydrogen-bond donors (Lipinski definition) is 11. The molecule has 0 aliphatic carbocycles. The minimum Gasteiger partial charge on any atom is -0.387 e. The molecule has 1 amide bonds. The SMILES string of the molecule is CC1(C)C(=CC=CC=CC2=[N+](CCCS(=O)(=O)O)c3ccc(S(=O)(=O)O)cc3C2(C)C)N(CCCCCC(=O)NCCCn2cc(COC3C(O)C(COP(O)(=S)OP(=O)(O)OP(=O)(O)O)OC3n3cnc4c(=O)[nH]c(N)nc43)nn2)c2ccc(S(=O)(=O)O)cc21. The minimum atomic E-state index is -5.67. The first kappa shape index (κ1) is 71.2. The average molecular weight is 1410 g/mol. The van der Waals surface area contributed by atoms with Crippen molar-refractivity contribution in [2.45, 2.75) is 125 Å². The molecule has 0 bridgehead atoms. The molecule has 1 saturated heterocycles. The number of nitrogens with two attached hydrogens (primary N) is 1. The number of nitrogens with one attached hydrogen (secondary N) is 2. The van der Waals surface area contributed by atoms with Gasteiger partial charge in [0.1, 0.15) is 30.6 Å². The van der Waals surface area contributed by atoms with Crippen molar-refractivity contribution >= 4 is 105 Å². The number of anilines is 2. The van der Waals surface area contributed by atoms with Crippen molar-refractivity contribution in [1.29, 1.82) is 0 Å². The van der Waals surface area contributed by atoms with Gasteiger partial charge in [0.05, 0.1) is 46.7 Å². The second kappa shape index (κ2) is 27.7. The number of phosphoric acid groups is 2. The van der Waals surface area contributed by atoms with Crippen LogP contribution in [-0.4, -0.2) is 165 Å². The fourth-order valence-electron chi connectivity index (χ4n) is 10.7. The van der Waals surface area contributed by atoms with Crippen molar-refractivity contribution < 1.29 is 105 Å². The maximum absolute atomic E-state index is 13.0. The number of carbonyl (C=O) groups excluding carboxylic acids is 1. The summed E-state index contributed by atoms with van der Waals surface area (Å²) in [4.78, 5) is 75.4. The van der Waals surface area contributed by atoms with Gasteiger partial charge in [-0.15, -0.1) is 5.10 Å². The van der Waals surface area contributed by atoms with E-state index in [0.29, 0.717) is 61.3 Å².